The Morgan fingerprint density at radius 2 is 1.68 bits per heavy atom. The van der Waals surface area contributed by atoms with Crippen molar-refractivity contribution in [2.24, 2.45) is 0 Å². The summed E-state index contributed by atoms with van der Waals surface area (Å²) in [5.41, 5.74) is 1.12. The highest BCUT2D eigenvalue weighted by Gasteiger charge is 2.13. The van der Waals surface area contributed by atoms with Gasteiger partial charge in [-0.2, -0.15) is 0 Å². The quantitative estimate of drug-likeness (QED) is 0.639. The molecule has 0 saturated heterocycles. The van der Waals surface area contributed by atoms with Gasteiger partial charge in [0.25, 0.3) is 5.91 Å². The van der Waals surface area contributed by atoms with Gasteiger partial charge in [-0.15, -0.1) is 0 Å². The molecule has 0 aliphatic rings. The number of nitrogens with zero attached hydrogens (tertiary/aromatic N) is 1. The molecule has 0 spiro atoms. The van der Waals surface area contributed by atoms with E-state index in [0.29, 0.717) is 11.2 Å². The molecule has 142 valence electrons. The Bertz CT molecular complexity index is 1020. The molecule has 1 aromatic heterocycles. The summed E-state index contributed by atoms with van der Waals surface area (Å²) in [5.74, 6) is -2.29. The molecule has 1 heterocycles. The summed E-state index contributed by atoms with van der Waals surface area (Å²) in [6.07, 6.45) is 0. The SMILES string of the molecule is O=C(COC(=O)c1ccc2ccccc2n1)NCC(=O)Nc1ccc(F)cc1. The molecule has 0 saturated carbocycles. The molecule has 3 aromatic rings. The maximum Gasteiger partial charge on any atom is 0.357 e. The normalized spacial score (nSPS) is 10.3. The maximum atomic E-state index is 12.8. The van der Waals surface area contributed by atoms with Crippen LogP contribution >= 0.6 is 0 Å². The van der Waals surface area contributed by atoms with Gasteiger partial charge in [-0.25, -0.2) is 14.2 Å². The molecule has 7 nitrogen and oxygen atoms in total. The Kier molecular flexibility index (Phi) is 5.91. The third-order valence-electron chi connectivity index (χ3n) is 3.72. The second kappa shape index (κ2) is 8.72. The van der Waals surface area contributed by atoms with E-state index in [-0.39, 0.29) is 12.2 Å². The summed E-state index contributed by atoms with van der Waals surface area (Å²) in [6.45, 7) is -0.862. The van der Waals surface area contributed by atoms with E-state index < -0.39 is 30.2 Å². The Hall–Kier alpha value is -3.81. The molecule has 0 aliphatic carbocycles. The van der Waals surface area contributed by atoms with E-state index in [9.17, 15) is 18.8 Å². The first-order valence-corrected chi connectivity index (χ1v) is 8.36. The van der Waals surface area contributed by atoms with Crippen LogP contribution in [0.1, 0.15) is 10.5 Å². The van der Waals surface area contributed by atoms with Crippen LogP contribution in [0.15, 0.2) is 60.7 Å². The fourth-order valence-corrected chi connectivity index (χ4v) is 2.35. The van der Waals surface area contributed by atoms with E-state index in [2.05, 4.69) is 15.6 Å². The first-order chi connectivity index (χ1) is 13.5. The minimum Gasteiger partial charge on any atom is -0.451 e. The number of halogens is 1. The van der Waals surface area contributed by atoms with Crippen molar-refractivity contribution in [2.45, 2.75) is 0 Å². The molecule has 28 heavy (non-hydrogen) atoms. The van der Waals surface area contributed by atoms with Crippen molar-refractivity contribution in [3.8, 4) is 0 Å². The van der Waals surface area contributed by atoms with Gasteiger partial charge in [0.2, 0.25) is 5.91 Å². The number of hydrogen-bond acceptors (Lipinski definition) is 5. The zero-order chi connectivity index (χ0) is 19.9. The van der Waals surface area contributed by atoms with Crippen molar-refractivity contribution in [1.29, 1.82) is 0 Å². The second-order valence-corrected chi connectivity index (χ2v) is 5.80. The molecule has 2 N–H and O–H groups in total. The first kappa shape index (κ1) is 19.0. The van der Waals surface area contributed by atoms with E-state index in [1.54, 1.807) is 18.2 Å². The Morgan fingerprint density at radius 1 is 0.929 bits per heavy atom. The van der Waals surface area contributed by atoms with Gasteiger partial charge in [0.15, 0.2) is 6.61 Å². The lowest BCUT2D eigenvalue weighted by Crippen LogP contribution is -2.35. The fraction of sp³-hybridized carbons (Fsp3) is 0.100. The predicted molar refractivity (Wildman–Crippen MR) is 100 cm³/mol. The summed E-state index contributed by atoms with van der Waals surface area (Å²) in [4.78, 5) is 39.7. The number of anilines is 1. The number of esters is 1. The second-order valence-electron chi connectivity index (χ2n) is 5.80. The molecule has 0 radical (unpaired) electrons. The number of ether oxygens (including phenoxy) is 1. The zero-order valence-corrected chi connectivity index (χ0v) is 14.6. The maximum absolute atomic E-state index is 12.8. The molecule has 0 aliphatic heterocycles. The van der Waals surface area contributed by atoms with Crippen LogP contribution in [0, 0.1) is 5.82 Å². The minimum absolute atomic E-state index is 0.0838. The molecule has 2 amide bonds. The Balaban J connectivity index is 1.44. The smallest absolute Gasteiger partial charge is 0.357 e. The van der Waals surface area contributed by atoms with Crippen molar-refractivity contribution >= 4 is 34.4 Å². The van der Waals surface area contributed by atoms with Crippen LogP contribution in [-0.2, 0) is 14.3 Å². The third kappa shape index (κ3) is 5.10. The molecule has 3 rings (SSSR count). The number of rotatable bonds is 6. The number of carbonyl (C=O) groups excluding carboxylic acids is 3. The van der Waals surface area contributed by atoms with Gasteiger partial charge in [0.1, 0.15) is 11.5 Å². The van der Waals surface area contributed by atoms with Crippen molar-refractivity contribution in [2.75, 3.05) is 18.5 Å². The number of para-hydroxylation sites is 1. The molecule has 8 heteroatoms. The van der Waals surface area contributed by atoms with E-state index in [1.807, 2.05) is 12.1 Å². The van der Waals surface area contributed by atoms with Gasteiger partial charge in [-0.3, -0.25) is 9.59 Å². The van der Waals surface area contributed by atoms with Crippen LogP contribution in [0.5, 0.6) is 0 Å². The average Bonchev–Trinajstić information content (AvgIpc) is 2.71. The number of fused-ring (bicyclic) bond motifs is 1. The van der Waals surface area contributed by atoms with Gasteiger partial charge in [0.05, 0.1) is 12.1 Å². The van der Waals surface area contributed by atoms with Gasteiger partial charge >= 0.3 is 5.97 Å². The zero-order valence-electron chi connectivity index (χ0n) is 14.6. The molecular formula is C20H16FN3O4. The number of nitrogens with one attached hydrogen (secondary N) is 2. The van der Waals surface area contributed by atoms with Crippen LogP contribution in [0.3, 0.4) is 0 Å². The lowest BCUT2D eigenvalue weighted by Gasteiger charge is -2.08. The number of aromatic nitrogens is 1. The minimum atomic E-state index is -0.739. The number of pyridine rings is 1. The van der Waals surface area contributed by atoms with E-state index >= 15 is 0 Å². The Labute approximate surface area is 159 Å². The van der Waals surface area contributed by atoms with Crippen molar-refractivity contribution in [3.05, 3.63) is 72.2 Å². The van der Waals surface area contributed by atoms with Crippen LogP contribution in [0.4, 0.5) is 10.1 Å². The van der Waals surface area contributed by atoms with Crippen LogP contribution in [-0.4, -0.2) is 35.9 Å². The molecular weight excluding hydrogens is 365 g/mol. The molecule has 2 aromatic carbocycles. The van der Waals surface area contributed by atoms with Crippen molar-refractivity contribution in [3.63, 3.8) is 0 Å². The topological polar surface area (TPSA) is 97.4 Å². The van der Waals surface area contributed by atoms with Crippen molar-refractivity contribution < 1.29 is 23.5 Å². The number of amides is 2. The highest BCUT2D eigenvalue weighted by molar-refractivity contribution is 5.95. The number of benzene rings is 2. The summed E-state index contributed by atoms with van der Waals surface area (Å²) in [7, 11) is 0. The van der Waals surface area contributed by atoms with E-state index in [1.165, 1.54) is 30.3 Å². The number of hydrogen-bond donors (Lipinski definition) is 2. The monoisotopic (exact) mass is 381 g/mol. The largest absolute Gasteiger partial charge is 0.451 e. The Morgan fingerprint density at radius 3 is 2.46 bits per heavy atom. The number of carbonyl (C=O) groups is 3. The molecule has 0 fully saturated rings. The van der Waals surface area contributed by atoms with E-state index in [0.717, 1.165) is 5.39 Å². The van der Waals surface area contributed by atoms with Gasteiger partial charge in [-0.1, -0.05) is 24.3 Å². The lowest BCUT2D eigenvalue weighted by atomic mass is 10.2. The van der Waals surface area contributed by atoms with Gasteiger partial charge in [-0.05, 0) is 36.4 Å². The van der Waals surface area contributed by atoms with Gasteiger partial charge < -0.3 is 15.4 Å². The summed E-state index contributed by atoms with van der Waals surface area (Å²) in [6, 6.07) is 15.7. The molecule has 0 atom stereocenters. The first-order valence-electron chi connectivity index (χ1n) is 8.36. The van der Waals surface area contributed by atoms with Crippen LogP contribution < -0.4 is 10.6 Å². The fourth-order valence-electron chi connectivity index (χ4n) is 2.35. The molecule has 0 unspecified atom stereocenters. The van der Waals surface area contributed by atoms with Gasteiger partial charge in [0, 0.05) is 11.1 Å². The lowest BCUT2D eigenvalue weighted by molar-refractivity contribution is -0.126. The summed E-state index contributed by atoms with van der Waals surface area (Å²) < 4.78 is 17.7. The molecule has 0 bridgehead atoms. The summed E-state index contributed by atoms with van der Waals surface area (Å²) in [5, 5.41) is 5.70. The third-order valence-corrected chi connectivity index (χ3v) is 3.72. The van der Waals surface area contributed by atoms with Crippen molar-refractivity contribution in [1.82, 2.24) is 10.3 Å². The predicted octanol–water partition coefficient (Wildman–Crippen LogP) is 2.29. The van der Waals surface area contributed by atoms with E-state index in [4.69, 9.17) is 4.74 Å². The standard InChI is InChI=1S/C20H16FN3O4/c21-14-6-8-15(9-7-14)23-18(25)11-22-19(26)12-28-20(27)17-10-5-13-3-1-2-4-16(13)24-17/h1-10H,11-12H2,(H,22,26)(H,23,25). The van der Waals surface area contributed by atoms with Crippen LogP contribution in [0.2, 0.25) is 0 Å². The average molecular weight is 381 g/mol. The highest BCUT2D eigenvalue weighted by atomic mass is 19.1. The summed E-state index contributed by atoms with van der Waals surface area (Å²) >= 11 is 0. The highest BCUT2D eigenvalue weighted by Crippen LogP contribution is 2.12. The van der Waals surface area contributed by atoms with Crippen LogP contribution in [0.25, 0.3) is 10.9 Å².